The van der Waals surface area contributed by atoms with Crippen molar-refractivity contribution in [3.05, 3.63) is 0 Å². The molecule has 0 unspecified atom stereocenters. The van der Waals surface area contributed by atoms with Crippen molar-refractivity contribution in [3.8, 4) is 11.5 Å². The number of rotatable bonds is 0. The molecule has 0 bridgehead atoms. The first-order chi connectivity index (χ1) is 6.74. The normalized spacial score (nSPS) is 27.3. The molecule has 0 aromatic rings. The third-order valence-corrected chi connectivity index (χ3v) is 7.98. The fourth-order valence-electron chi connectivity index (χ4n) is 1.16. The molecule has 1 rings (SSSR count). The summed E-state index contributed by atoms with van der Waals surface area (Å²) in [4.78, 5) is 0. The summed E-state index contributed by atoms with van der Waals surface area (Å²) in [5, 5.41) is 9.84. The van der Waals surface area contributed by atoms with Gasteiger partial charge in [-0.25, -0.2) is 0 Å². The van der Waals surface area contributed by atoms with Crippen LogP contribution in [0.5, 0.6) is 0 Å². The Morgan fingerprint density at radius 3 is 2.33 bits per heavy atom. The molecular weight excluding hydrogens is 204 g/mol. The number of aliphatic hydroxyl groups is 1. The van der Waals surface area contributed by atoms with Gasteiger partial charge in [0.15, 0.2) is 0 Å². The van der Waals surface area contributed by atoms with E-state index < -0.39 is 8.07 Å². The molecule has 0 radical (unpaired) electrons. The molecule has 1 N–H and O–H groups in total. The molecule has 86 valence electrons. The Morgan fingerprint density at radius 1 is 1.33 bits per heavy atom. The standard InChI is InChI=1S/C12H22O2Si/c1-12(2,3)15(4,5)9-7-11-10(13)6-8-14-11/h10-11,13H,6,8H2,1-5H3/t10-,11+/m0/s1. The van der Waals surface area contributed by atoms with Gasteiger partial charge in [0.1, 0.15) is 14.2 Å². The monoisotopic (exact) mass is 226 g/mol. The molecule has 1 aliphatic heterocycles. The van der Waals surface area contributed by atoms with E-state index in [1.165, 1.54) is 0 Å². The molecule has 0 aliphatic carbocycles. The van der Waals surface area contributed by atoms with Gasteiger partial charge in [0, 0.05) is 6.42 Å². The van der Waals surface area contributed by atoms with Crippen molar-refractivity contribution in [1.29, 1.82) is 0 Å². The van der Waals surface area contributed by atoms with E-state index in [2.05, 4.69) is 45.3 Å². The van der Waals surface area contributed by atoms with Crippen LogP contribution in [0.3, 0.4) is 0 Å². The Bertz CT molecular complexity index is 280. The average molecular weight is 226 g/mol. The zero-order valence-corrected chi connectivity index (χ0v) is 11.4. The lowest BCUT2D eigenvalue weighted by Gasteiger charge is -2.31. The highest BCUT2D eigenvalue weighted by Gasteiger charge is 2.34. The van der Waals surface area contributed by atoms with Crippen molar-refractivity contribution < 1.29 is 9.84 Å². The van der Waals surface area contributed by atoms with Crippen molar-refractivity contribution in [3.63, 3.8) is 0 Å². The lowest BCUT2D eigenvalue weighted by Crippen LogP contribution is -2.36. The van der Waals surface area contributed by atoms with Gasteiger partial charge in [-0.05, 0) is 5.04 Å². The lowest BCUT2D eigenvalue weighted by molar-refractivity contribution is 0.0812. The van der Waals surface area contributed by atoms with Gasteiger partial charge < -0.3 is 9.84 Å². The van der Waals surface area contributed by atoms with Crippen molar-refractivity contribution in [1.82, 2.24) is 0 Å². The van der Waals surface area contributed by atoms with Crippen molar-refractivity contribution >= 4 is 8.07 Å². The fraction of sp³-hybridized carbons (Fsp3) is 0.833. The third-order valence-electron chi connectivity index (χ3n) is 3.46. The summed E-state index contributed by atoms with van der Waals surface area (Å²) < 4.78 is 5.37. The first-order valence-electron chi connectivity index (χ1n) is 5.56. The number of hydrogen-bond donors (Lipinski definition) is 1. The van der Waals surface area contributed by atoms with Crippen molar-refractivity contribution in [2.24, 2.45) is 0 Å². The maximum absolute atomic E-state index is 9.58. The molecule has 2 atom stereocenters. The van der Waals surface area contributed by atoms with E-state index in [4.69, 9.17) is 4.74 Å². The minimum atomic E-state index is -1.55. The molecule has 3 heteroatoms. The van der Waals surface area contributed by atoms with Crippen LogP contribution in [0.15, 0.2) is 0 Å². The van der Waals surface area contributed by atoms with Crippen molar-refractivity contribution in [2.75, 3.05) is 6.61 Å². The first-order valence-corrected chi connectivity index (χ1v) is 8.56. The Hall–Kier alpha value is -0.303. The van der Waals surface area contributed by atoms with E-state index in [0.717, 1.165) is 6.42 Å². The van der Waals surface area contributed by atoms with Gasteiger partial charge in [0.25, 0.3) is 0 Å². The molecular formula is C12H22O2Si. The van der Waals surface area contributed by atoms with Gasteiger partial charge in [0.05, 0.1) is 12.7 Å². The molecule has 15 heavy (non-hydrogen) atoms. The summed E-state index contributed by atoms with van der Waals surface area (Å²) in [6.07, 6.45) is 0.0815. The molecule has 0 amide bonds. The van der Waals surface area contributed by atoms with Crippen LogP contribution in [-0.4, -0.2) is 32.0 Å². The molecule has 0 aromatic heterocycles. The predicted octanol–water partition coefficient (Wildman–Crippen LogP) is 2.19. The molecule has 0 spiro atoms. The topological polar surface area (TPSA) is 29.5 Å². The Morgan fingerprint density at radius 2 is 1.93 bits per heavy atom. The van der Waals surface area contributed by atoms with Crippen LogP contribution < -0.4 is 0 Å². The molecule has 0 aromatic carbocycles. The van der Waals surface area contributed by atoms with E-state index in [-0.39, 0.29) is 17.2 Å². The van der Waals surface area contributed by atoms with Crippen LogP contribution in [0, 0.1) is 11.5 Å². The van der Waals surface area contributed by atoms with Gasteiger partial charge in [-0.1, -0.05) is 39.8 Å². The minimum absolute atomic E-state index is 0.251. The summed E-state index contributed by atoms with van der Waals surface area (Å²) >= 11 is 0. The van der Waals surface area contributed by atoms with Crippen LogP contribution in [0.4, 0.5) is 0 Å². The SMILES string of the molecule is CC(C)(C)[Si](C)(C)C#C[C@H]1OCC[C@@H]1O. The fourth-order valence-corrected chi connectivity index (χ4v) is 2.03. The Kier molecular flexibility index (Phi) is 3.65. The second-order valence-electron chi connectivity index (χ2n) is 5.79. The van der Waals surface area contributed by atoms with Crippen LogP contribution in [0.1, 0.15) is 27.2 Å². The summed E-state index contributed by atoms with van der Waals surface area (Å²) in [5.41, 5.74) is 3.38. The molecule has 1 aliphatic rings. The highest BCUT2D eigenvalue weighted by molar-refractivity contribution is 6.87. The van der Waals surface area contributed by atoms with E-state index in [0.29, 0.717) is 6.61 Å². The van der Waals surface area contributed by atoms with Crippen LogP contribution in [0.2, 0.25) is 18.1 Å². The summed E-state index contributed by atoms with van der Waals surface area (Å²) in [6.45, 7) is 11.9. The van der Waals surface area contributed by atoms with Crippen molar-refractivity contribution in [2.45, 2.75) is 57.5 Å². The lowest BCUT2D eigenvalue weighted by atomic mass is 10.2. The van der Waals surface area contributed by atoms with Crippen LogP contribution >= 0.6 is 0 Å². The summed E-state index contributed by atoms with van der Waals surface area (Å²) in [7, 11) is -1.55. The number of aliphatic hydroxyl groups excluding tert-OH is 1. The van der Waals surface area contributed by atoms with Gasteiger partial charge in [-0.2, -0.15) is 0 Å². The minimum Gasteiger partial charge on any atom is -0.389 e. The molecule has 1 fully saturated rings. The summed E-state index contributed by atoms with van der Waals surface area (Å²) in [5.74, 6) is 3.12. The zero-order chi connectivity index (χ0) is 11.7. The first kappa shape index (κ1) is 12.8. The second kappa shape index (κ2) is 4.29. The quantitative estimate of drug-likeness (QED) is 0.507. The molecule has 1 saturated heterocycles. The zero-order valence-electron chi connectivity index (χ0n) is 10.4. The highest BCUT2D eigenvalue weighted by Crippen LogP contribution is 2.35. The van der Waals surface area contributed by atoms with Gasteiger partial charge in [0.2, 0.25) is 0 Å². The Labute approximate surface area is 94.0 Å². The highest BCUT2D eigenvalue weighted by atomic mass is 28.3. The largest absolute Gasteiger partial charge is 0.389 e. The second-order valence-corrected chi connectivity index (χ2v) is 10.8. The predicted molar refractivity (Wildman–Crippen MR) is 65.3 cm³/mol. The van der Waals surface area contributed by atoms with E-state index in [1.54, 1.807) is 0 Å². The maximum atomic E-state index is 9.58. The third kappa shape index (κ3) is 3.07. The smallest absolute Gasteiger partial charge is 0.143 e. The van der Waals surface area contributed by atoms with E-state index in [1.807, 2.05) is 0 Å². The summed E-state index contributed by atoms with van der Waals surface area (Å²) in [6, 6.07) is 0. The number of hydrogen-bond acceptors (Lipinski definition) is 2. The van der Waals surface area contributed by atoms with Crippen LogP contribution in [-0.2, 0) is 4.74 Å². The van der Waals surface area contributed by atoms with E-state index >= 15 is 0 Å². The van der Waals surface area contributed by atoms with Gasteiger partial charge in [-0.3, -0.25) is 0 Å². The molecule has 1 heterocycles. The Balaban J connectivity index is 2.72. The molecule has 0 saturated carbocycles. The van der Waals surface area contributed by atoms with Gasteiger partial charge >= 0.3 is 0 Å². The van der Waals surface area contributed by atoms with E-state index in [9.17, 15) is 5.11 Å². The van der Waals surface area contributed by atoms with Crippen LogP contribution in [0.25, 0.3) is 0 Å². The number of ether oxygens (including phenoxy) is 1. The maximum Gasteiger partial charge on any atom is 0.143 e. The van der Waals surface area contributed by atoms with Gasteiger partial charge in [-0.15, -0.1) is 5.54 Å². The molecule has 2 nitrogen and oxygen atoms in total. The average Bonchev–Trinajstić information content (AvgIpc) is 2.46.